The van der Waals surface area contributed by atoms with E-state index in [1.54, 1.807) is 36.6 Å². The molecule has 0 radical (unpaired) electrons. The van der Waals surface area contributed by atoms with Crippen LogP contribution in [0.3, 0.4) is 0 Å². The molecule has 2 aromatic carbocycles. The first-order valence-corrected chi connectivity index (χ1v) is 17.6. The van der Waals surface area contributed by atoms with Crippen molar-refractivity contribution in [2.24, 2.45) is 0 Å². The number of halogens is 2. The van der Waals surface area contributed by atoms with Crippen molar-refractivity contribution in [1.29, 1.82) is 0 Å². The average molecular weight is 691 g/mol. The number of anilines is 1. The van der Waals surface area contributed by atoms with Gasteiger partial charge in [0.25, 0.3) is 5.91 Å². The van der Waals surface area contributed by atoms with Crippen molar-refractivity contribution in [2.45, 2.75) is 57.5 Å². The molecule has 6 heterocycles. The lowest BCUT2D eigenvalue weighted by molar-refractivity contribution is 0.0776. The largest absolute Gasteiger partial charge is 0.493 e. The molecular weight excluding hydrogens is 659 g/mol. The zero-order valence-electron chi connectivity index (χ0n) is 27.4. The summed E-state index contributed by atoms with van der Waals surface area (Å²) in [5.74, 6) is 1.03. The van der Waals surface area contributed by atoms with Crippen LogP contribution in [0.25, 0.3) is 32.0 Å². The van der Waals surface area contributed by atoms with Crippen LogP contribution in [0.4, 0.5) is 14.6 Å². The maximum atomic E-state index is 14.5. The van der Waals surface area contributed by atoms with Crippen LogP contribution in [0.1, 0.15) is 75.7 Å². The lowest BCUT2D eigenvalue weighted by atomic mass is 9.93. The summed E-state index contributed by atoms with van der Waals surface area (Å²) in [4.78, 5) is 27.0. The number of hydrogen-bond acceptors (Lipinski definition) is 9. The molecule has 6 aromatic rings. The van der Waals surface area contributed by atoms with Crippen LogP contribution in [0.5, 0.6) is 5.75 Å². The van der Waals surface area contributed by atoms with Crippen LogP contribution in [0.15, 0.2) is 59.1 Å². The van der Waals surface area contributed by atoms with Gasteiger partial charge >= 0.3 is 0 Å². The van der Waals surface area contributed by atoms with Crippen molar-refractivity contribution in [3.05, 3.63) is 106 Å². The van der Waals surface area contributed by atoms with Crippen molar-refractivity contribution < 1.29 is 22.7 Å². The topological polar surface area (TPSA) is 106 Å². The number of pyridine rings is 2. The molecule has 9 rings (SSSR count). The Labute approximate surface area is 290 Å². The van der Waals surface area contributed by atoms with E-state index in [1.807, 2.05) is 17.0 Å². The highest BCUT2D eigenvalue weighted by Gasteiger charge is 2.45. The molecule has 9 nitrogen and oxygen atoms in total. The predicted molar refractivity (Wildman–Crippen MR) is 185 cm³/mol. The van der Waals surface area contributed by atoms with Gasteiger partial charge in [-0.2, -0.15) is 0 Å². The molecular formula is C38H32F2N6O3S. The van der Waals surface area contributed by atoms with Gasteiger partial charge in [-0.25, -0.2) is 13.8 Å². The number of amides is 1. The molecule has 0 spiro atoms. The molecule has 252 valence electrons. The first-order valence-electron chi connectivity index (χ1n) is 16.8. The second-order valence-corrected chi connectivity index (χ2v) is 14.1. The smallest absolute Gasteiger partial charge is 0.257 e. The fourth-order valence-corrected chi connectivity index (χ4v) is 9.01. The number of ether oxygens (including phenoxy) is 1. The van der Waals surface area contributed by atoms with E-state index in [1.165, 1.54) is 25.3 Å². The second-order valence-electron chi connectivity index (χ2n) is 13.0. The molecule has 1 saturated heterocycles. The van der Waals surface area contributed by atoms with E-state index in [9.17, 15) is 13.6 Å². The van der Waals surface area contributed by atoms with Gasteiger partial charge < -0.3 is 19.4 Å². The number of aryl methyl sites for hydroxylation is 3. The third-order valence-electron chi connectivity index (χ3n) is 10.2. The molecule has 2 atom stereocenters. The molecule has 1 fully saturated rings. The number of carbonyl (C=O) groups excluding carboxylic acids is 1. The fourth-order valence-electron chi connectivity index (χ4n) is 7.90. The standard InChI is InChI=1S/C38H32F2N6O3S/c1-19-44-45-37(49-19)31-27(13-7-20-5-8-21(39)9-6-20)42-34-28-4-3-17-46(28)38(47)33(34)32(31)30-18-24-29(50-30)15-16-41-36(24)43-26-14-11-23-22(26)10-12-25(40)35(23)48-2/h5-6,8-10,12,15-16,18,26,28H,3-4,7,11,13-14,17H2,1-2H3,(H,41,43)/t26-,28?/m1/s1. The highest BCUT2D eigenvalue weighted by atomic mass is 32.1. The number of carbonyl (C=O) groups is 1. The zero-order chi connectivity index (χ0) is 34.1. The summed E-state index contributed by atoms with van der Waals surface area (Å²) in [7, 11) is 1.50. The molecule has 3 aliphatic rings. The number of aromatic nitrogens is 4. The minimum atomic E-state index is -0.362. The first kappa shape index (κ1) is 30.8. The Balaban J connectivity index is 1.20. The van der Waals surface area contributed by atoms with Crippen molar-refractivity contribution in [3.8, 4) is 27.6 Å². The van der Waals surface area contributed by atoms with E-state index in [2.05, 4.69) is 21.6 Å². The molecule has 50 heavy (non-hydrogen) atoms. The lowest BCUT2D eigenvalue weighted by Gasteiger charge is -2.16. The fraction of sp³-hybridized carbons (Fsp3) is 0.289. The van der Waals surface area contributed by atoms with Crippen LogP contribution in [0, 0.1) is 18.6 Å². The van der Waals surface area contributed by atoms with Crippen LogP contribution < -0.4 is 10.1 Å². The Morgan fingerprint density at radius 3 is 2.70 bits per heavy atom. The van der Waals surface area contributed by atoms with Gasteiger partial charge in [0.2, 0.25) is 11.8 Å². The van der Waals surface area contributed by atoms with Gasteiger partial charge in [-0.15, -0.1) is 21.5 Å². The summed E-state index contributed by atoms with van der Waals surface area (Å²) >= 11 is 1.57. The quantitative estimate of drug-likeness (QED) is 0.171. The molecule has 0 bridgehead atoms. The maximum Gasteiger partial charge on any atom is 0.257 e. The van der Waals surface area contributed by atoms with Gasteiger partial charge in [-0.1, -0.05) is 18.2 Å². The normalized spacial score (nSPS) is 17.8. The molecule has 2 aliphatic heterocycles. The van der Waals surface area contributed by atoms with Gasteiger partial charge in [-0.3, -0.25) is 9.78 Å². The summed E-state index contributed by atoms with van der Waals surface area (Å²) in [6.45, 7) is 2.42. The van der Waals surface area contributed by atoms with E-state index >= 15 is 0 Å². The molecule has 12 heteroatoms. The Morgan fingerprint density at radius 2 is 1.90 bits per heavy atom. The van der Waals surface area contributed by atoms with Gasteiger partial charge in [-0.05, 0) is 80.0 Å². The van der Waals surface area contributed by atoms with Crippen LogP contribution in [-0.2, 0) is 19.3 Å². The number of methoxy groups -OCH3 is 1. The Morgan fingerprint density at radius 1 is 1.04 bits per heavy atom. The average Bonchev–Trinajstić information content (AvgIpc) is 3.96. The Bertz CT molecular complexity index is 2320. The van der Waals surface area contributed by atoms with E-state index in [4.69, 9.17) is 19.1 Å². The van der Waals surface area contributed by atoms with Gasteiger partial charge in [0.1, 0.15) is 11.6 Å². The molecule has 1 amide bonds. The molecule has 4 aromatic heterocycles. The highest BCUT2D eigenvalue weighted by molar-refractivity contribution is 7.22. The SMILES string of the molecule is COc1c(F)ccc2c1CC[C@H]2Nc1nccc2sc(-c3c4c(nc(CCc5ccc(F)cc5)c3-c3nnc(C)o3)C3CCCN3C4=O)cc12. The van der Waals surface area contributed by atoms with E-state index < -0.39 is 0 Å². The predicted octanol–water partition coefficient (Wildman–Crippen LogP) is 8.18. The van der Waals surface area contributed by atoms with Gasteiger partial charge in [0.15, 0.2) is 11.6 Å². The van der Waals surface area contributed by atoms with Gasteiger partial charge in [0, 0.05) is 45.8 Å². The van der Waals surface area contributed by atoms with E-state index in [0.29, 0.717) is 60.3 Å². The summed E-state index contributed by atoms with van der Waals surface area (Å²) in [6.07, 6.45) is 6.14. The Hall–Kier alpha value is -5.23. The van der Waals surface area contributed by atoms with Crippen LogP contribution >= 0.6 is 11.3 Å². The van der Waals surface area contributed by atoms with E-state index in [-0.39, 0.29) is 29.6 Å². The first-order chi connectivity index (χ1) is 24.4. The number of nitrogens with one attached hydrogen (secondary N) is 1. The molecule has 1 aliphatic carbocycles. The number of hydrogen-bond donors (Lipinski definition) is 1. The van der Waals surface area contributed by atoms with Crippen molar-refractivity contribution in [1.82, 2.24) is 25.1 Å². The number of rotatable bonds is 8. The van der Waals surface area contributed by atoms with Crippen molar-refractivity contribution in [3.63, 3.8) is 0 Å². The number of fused-ring (bicyclic) bond motifs is 5. The summed E-state index contributed by atoms with van der Waals surface area (Å²) in [6, 6.07) is 13.7. The minimum Gasteiger partial charge on any atom is -0.493 e. The summed E-state index contributed by atoms with van der Waals surface area (Å²) < 4.78 is 40.7. The monoisotopic (exact) mass is 690 g/mol. The van der Waals surface area contributed by atoms with Crippen LogP contribution in [0.2, 0.25) is 0 Å². The van der Waals surface area contributed by atoms with Gasteiger partial charge in [0.05, 0.1) is 41.7 Å². The highest BCUT2D eigenvalue weighted by Crippen LogP contribution is 2.50. The third-order valence-corrected chi connectivity index (χ3v) is 11.3. The zero-order valence-corrected chi connectivity index (χ0v) is 28.2. The second kappa shape index (κ2) is 12.0. The Kier molecular flexibility index (Phi) is 7.38. The third kappa shape index (κ3) is 4.95. The lowest BCUT2D eigenvalue weighted by Crippen LogP contribution is -2.22. The number of thiophene rings is 1. The number of nitrogens with zero attached hydrogens (tertiary/aromatic N) is 5. The maximum absolute atomic E-state index is 14.5. The minimum absolute atomic E-state index is 0.0368. The molecule has 1 N–H and O–H groups in total. The number of benzene rings is 2. The summed E-state index contributed by atoms with van der Waals surface area (Å²) in [5, 5.41) is 13.1. The molecule has 1 unspecified atom stereocenters. The van der Waals surface area contributed by atoms with Crippen molar-refractivity contribution >= 4 is 33.1 Å². The van der Waals surface area contributed by atoms with E-state index in [0.717, 1.165) is 67.9 Å². The van der Waals surface area contributed by atoms with Crippen LogP contribution in [-0.4, -0.2) is 44.6 Å². The molecule has 0 saturated carbocycles. The van der Waals surface area contributed by atoms with Crippen molar-refractivity contribution in [2.75, 3.05) is 19.0 Å². The summed E-state index contributed by atoms with van der Waals surface area (Å²) in [5.41, 5.74) is 6.36.